The minimum absolute atomic E-state index is 1.02. The first kappa shape index (κ1) is 12.3. The molecule has 0 radical (unpaired) electrons. The predicted molar refractivity (Wildman–Crippen MR) is 80.2 cm³/mol. The minimum Gasteiger partial charge on any atom is -0.0848 e. The molecule has 0 fully saturated rings. The summed E-state index contributed by atoms with van der Waals surface area (Å²) >= 11 is 0. The Morgan fingerprint density at radius 1 is 0.824 bits per heavy atom. The summed E-state index contributed by atoms with van der Waals surface area (Å²) < 4.78 is 0. The van der Waals surface area contributed by atoms with E-state index in [-0.39, 0.29) is 0 Å². The normalized spacial score (nSPS) is 10.8. The van der Waals surface area contributed by atoms with Gasteiger partial charge in [-0.15, -0.1) is 0 Å². The summed E-state index contributed by atoms with van der Waals surface area (Å²) in [5.74, 6) is 1.02. The molecular weight excluding hydrogens is 244 g/mol. The highest BCUT2D eigenvalue weighted by Gasteiger charge is 1.90. The van der Waals surface area contributed by atoms with Crippen LogP contribution in [0.25, 0.3) is 6.08 Å². The van der Waals surface area contributed by atoms with Crippen LogP contribution in [0.1, 0.15) is 5.56 Å². The molecule has 0 spiro atoms. The lowest BCUT2D eigenvalue weighted by Crippen LogP contribution is -1.71. The molecule has 0 aliphatic rings. The van der Waals surface area contributed by atoms with E-state index in [1.807, 2.05) is 33.7 Å². The summed E-state index contributed by atoms with van der Waals surface area (Å²) in [6, 6.07) is 20.9. The van der Waals surface area contributed by atoms with Gasteiger partial charge in [-0.1, -0.05) is 82.3 Å². The van der Waals surface area contributed by atoms with Crippen molar-refractivity contribution in [2.45, 2.75) is 4.90 Å². The van der Waals surface area contributed by atoms with Gasteiger partial charge >= 0.3 is 0 Å². The summed E-state index contributed by atoms with van der Waals surface area (Å²) in [6.07, 6.45) is 4.37. The summed E-state index contributed by atoms with van der Waals surface area (Å²) in [5, 5.41) is 0. The predicted octanol–water partition coefficient (Wildman–Crippen LogP) is 5.14. The second kappa shape index (κ2) is 7.25. The van der Waals surface area contributed by atoms with Gasteiger partial charge in [0.25, 0.3) is 0 Å². The maximum atomic E-state index is 2.20. The lowest BCUT2D eigenvalue weighted by molar-refractivity contribution is 1.48. The standard InChI is InChI=1S/C15H14S2/c1-3-8-14(9-4-1)10-7-13-16-17-15-11-5-2-6-12-15/h1-12H,13H2. The second-order valence-electron chi connectivity index (χ2n) is 3.49. The zero-order valence-electron chi connectivity index (χ0n) is 9.45. The quantitative estimate of drug-likeness (QED) is 0.538. The number of hydrogen-bond acceptors (Lipinski definition) is 2. The van der Waals surface area contributed by atoms with Crippen molar-refractivity contribution in [1.82, 2.24) is 0 Å². The van der Waals surface area contributed by atoms with Crippen LogP contribution in [-0.4, -0.2) is 5.75 Å². The summed E-state index contributed by atoms with van der Waals surface area (Å²) in [4.78, 5) is 1.31. The van der Waals surface area contributed by atoms with Gasteiger partial charge < -0.3 is 0 Å². The van der Waals surface area contributed by atoms with Crippen LogP contribution >= 0.6 is 21.6 Å². The first-order valence-corrected chi connectivity index (χ1v) is 7.83. The van der Waals surface area contributed by atoms with E-state index in [2.05, 4.69) is 60.7 Å². The van der Waals surface area contributed by atoms with E-state index in [1.165, 1.54) is 10.5 Å². The molecule has 0 saturated heterocycles. The lowest BCUT2D eigenvalue weighted by Gasteiger charge is -1.97. The Bertz CT molecular complexity index is 449. The fourth-order valence-electron chi connectivity index (χ4n) is 1.37. The molecule has 0 aliphatic heterocycles. The van der Waals surface area contributed by atoms with Crippen molar-refractivity contribution in [1.29, 1.82) is 0 Å². The zero-order chi connectivity index (χ0) is 11.8. The van der Waals surface area contributed by atoms with Crippen LogP contribution in [0.15, 0.2) is 71.6 Å². The molecule has 0 heterocycles. The molecule has 0 bridgehead atoms. The molecule has 0 unspecified atom stereocenters. The van der Waals surface area contributed by atoms with Gasteiger partial charge in [-0.05, 0) is 17.7 Å². The second-order valence-corrected chi connectivity index (χ2v) is 5.91. The van der Waals surface area contributed by atoms with E-state index in [4.69, 9.17) is 0 Å². The molecule has 0 aromatic heterocycles. The highest BCUT2D eigenvalue weighted by Crippen LogP contribution is 2.30. The van der Waals surface area contributed by atoms with E-state index >= 15 is 0 Å². The van der Waals surface area contributed by atoms with Gasteiger partial charge in [0, 0.05) is 10.6 Å². The number of benzene rings is 2. The third kappa shape index (κ3) is 4.72. The molecule has 2 rings (SSSR count). The first-order chi connectivity index (χ1) is 8.45. The Kier molecular flexibility index (Phi) is 5.27. The van der Waals surface area contributed by atoms with Crippen LogP contribution in [-0.2, 0) is 0 Å². The van der Waals surface area contributed by atoms with Crippen molar-refractivity contribution in [3.05, 3.63) is 72.3 Å². The van der Waals surface area contributed by atoms with Crippen molar-refractivity contribution < 1.29 is 0 Å². The van der Waals surface area contributed by atoms with Crippen LogP contribution < -0.4 is 0 Å². The van der Waals surface area contributed by atoms with Gasteiger partial charge in [-0.2, -0.15) is 0 Å². The zero-order valence-corrected chi connectivity index (χ0v) is 11.1. The Balaban J connectivity index is 1.72. The molecule has 17 heavy (non-hydrogen) atoms. The van der Waals surface area contributed by atoms with Crippen molar-refractivity contribution in [3.63, 3.8) is 0 Å². The van der Waals surface area contributed by atoms with Gasteiger partial charge in [0.1, 0.15) is 0 Å². The van der Waals surface area contributed by atoms with Crippen molar-refractivity contribution >= 4 is 27.7 Å². The summed E-state index contributed by atoms with van der Waals surface area (Å²) in [7, 11) is 3.68. The molecule has 2 aromatic rings. The molecule has 86 valence electrons. The number of hydrogen-bond donors (Lipinski definition) is 0. The monoisotopic (exact) mass is 258 g/mol. The average molecular weight is 258 g/mol. The number of rotatable bonds is 5. The van der Waals surface area contributed by atoms with Gasteiger partial charge in [-0.25, -0.2) is 0 Å². The Labute approximate surface area is 111 Å². The molecule has 0 N–H and O–H groups in total. The minimum atomic E-state index is 1.02. The van der Waals surface area contributed by atoms with E-state index in [9.17, 15) is 0 Å². The maximum absolute atomic E-state index is 2.20. The average Bonchev–Trinajstić information content (AvgIpc) is 2.41. The molecule has 2 aromatic carbocycles. The summed E-state index contributed by atoms with van der Waals surface area (Å²) in [6.45, 7) is 0. The molecule has 0 atom stereocenters. The van der Waals surface area contributed by atoms with Crippen molar-refractivity contribution in [2.75, 3.05) is 5.75 Å². The lowest BCUT2D eigenvalue weighted by atomic mass is 10.2. The van der Waals surface area contributed by atoms with Crippen LogP contribution in [0.5, 0.6) is 0 Å². The molecular formula is C15H14S2. The molecule has 0 amide bonds. The van der Waals surface area contributed by atoms with Gasteiger partial charge in [0.15, 0.2) is 0 Å². The van der Waals surface area contributed by atoms with Crippen LogP contribution in [0, 0.1) is 0 Å². The van der Waals surface area contributed by atoms with Crippen LogP contribution in [0.3, 0.4) is 0 Å². The van der Waals surface area contributed by atoms with Crippen LogP contribution in [0.2, 0.25) is 0 Å². The SMILES string of the molecule is C(=Cc1ccccc1)CSSc1ccccc1. The van der Waals surface area contributed by atoms with Crippen molar-refractivity contribution in [2.24, 2.45) is 0 Å². The molecule has 0 nitrogen and oxygen atoms in total. The highest BCUT2D eigenvalue weighted by molar-refractivity contribution is 8.76. The van der Waals surface area contributed by atoms with E-state index in [0.29, 0.717) is 0 Å². The van der Waals surface area contributed by atoms with Crippen molar-refractivity contribution in [3.8, 4) is 0 Å². The molecule has 0 aliphatic carbocycles. The molecule has 2 heteroatoms. The Morgan fingerprint density at radius 2 is 1.47 bits per heavy atom. The summed E-state index contributed by atoms with van der Waals surface area (Å²) in [5.41, 5.74) is 1.26. The van der Waals surface area contributed by atoms with E-state index in [0.717, 1.165) is 5.75 Å². The Hall–Kier alpha value is -1.12. The van der Waals surface area contributed by atoms with E-state index < -0.39 is 0 Å². The van der Waals surface area contributed by atoms with Gasteiger partial charge in [0.05, 0.1) is 0 Å². The van der Waals surface area contributed by atoms with Gasteiger partial charge in [0.2, 0.25) is 0 Å². The van der Waals surface area contributed by atoms with Crippen LogP contribution in [0.4, 0.5) is 0 Å². The smallest absolute Gasteiger partial charge is 0.0224 e. The molecule has 0 saturated carbocycles. The largest absolute Gasteiger partial charge is 0.0848 e. The third-order valence-corrected chi connectivity index (χ3v) is 4.42. The maximum Gasteiger partial charge on any atom is 0.0224 e. The van der Waals surface area contributed by atoms with E-state index in [1.54, 1.807) is 0 Å². The topological polar surface area (TPSA) is 0 Å². The fourth-order valence-corrected chi connectivity index (χ4v) is 3.19. The first-order valence-electron chi connectivity index (χ1n) is 5.51. The Morgan fingerprint density at radius 3 is 2.18 bits per heavy atom. The highest BCUT2D eigenvalue weighted by atomic mass is 33.1. The van der Waals surface area contributed by atoms with Gasteiger partial charge in [-0.3, -0.25) is 0 Å². The third-order valence-electron chi connectivity index (χ3n) is 2.17. The fraction of sp³-hybridized carbons (Fsp3) is 0.0667.